The molecule has 1 aromatic carbocycles. The third kappa shape index (κ3) is 4.05. The summed E-state index contributed by atoms with van der Waals surface area (Å²) >= 11 is 0. The van der Waals surface area contributed by atoms with Crippen LogP contribution >= 0.6 is 0 Å². The minimum absolute atomic E-state index is 0.592. The van der Waals surface area contributed by atoms with Gasteiger partial charge in [0.05, 0.1) is 0 Å². The fourth-order valence-electron chi connectivity index (χ4n) is 3.27. The number of rotatable bonds is 5. The molecular weight excluding hydrogens is 232 g/mol. The molecular formula is C17H28N2. The standard InChI is InChI=1S/C17H28N2/c1-14-10-11-19(17(12-14)13-18)15(2)8-9-16-6-4-3-5-7-16/h3-7,14-15,17H,8-13,18H2,1-2H3. The van der Waals surface area contributed by atoms with E-state index in [1.165, 1.54) is 37.8 Å². The van der Waals surface area contributed by atoms with E-state index < -0.39 is 0 Å². The van der Waals surface area contributed by atoms with Gasteiger partial charge in [0.1, 0.15) is 0 Å². The van der Waals surface area contributed by atoms with E-state index in [1.807, 2.05) is 0 Å². The second-order valence-electron chi connectivity index (χ2n) is 6.13. The molecule has 0 saturated carbocycles. The number of piperidine rings is 1. The molecule has 2 heteroatoms. The Balaban J connectivity index is 1.86. The highest BCUT2D eigenvalue weighted by atomic mass is 15.2. The average molecular weight is 260 g/mol. The van der Waals surface area contributed by atoms with Crippen LogP contribution in [0, 0.1) is 5.92 Å². The summed E-state index contributed by atoms with van der Waals surface area (Å²) in [5.41, 5.74) is 7.41. The first-order valence-corrected chi connectivity index (χ1v) is 7.70. The Morgan fingerprint density at radius 3 is 2.74 bits per heavy atom. The number of aryl methyl sites for hydroxylation is 1. The summed E-state index contributed by atoms with van der Waals surface area (Å²) in [5, 5.41) is 0. The Kier molecular flexibility index (Phi) is 5.41. The molecule has 0 spiro atoms. The zero-order valence-electron chi connectivity index (χ0n) is 12.4. The molecule has 1 aliphatic rings. The normalized spacial score (nSPS) is 26.3. The zero-order valence-corrected chi connectivity index (χ0v) is 12.4. The van der Waals surface area contributed by atoms with Crippen LogP contribution in [0.3, 0.4) is 0 Å². The van der Waals surface area contributed by atoms with E-state index in [0.717, 1.165) is 12.5 Å². The van der Waals surface area contributed by atoms with Crippen molar-refractivity contribution >= 4 is 0 Å². The minimum atomic E-state index is 0.592. The summed E-state index contributed by atoms with van der Waals surface area (Å²) in [6, 6.07) is 12.0. The number of nitrogens with zero attached hydrogens (tertiary/aromatic N) is 1. The summed E-state index contributed by atoms with van der Waals surface area (Å²) in [4.78, 5) is 2.64. The van der Waals surface area contributed by atoms with Gasteiger partial charge >= 0.3 is 0 Å². The van der Waals surface area contributed by atoms with Crippen LogP contribution in [0.4, 0.5) is 0 Å². The fourth-order valence-corrected chi connectivity index (χ4v) is 3.27. The minimum Gasteiger partial charge on any atom is -0.329 e. The van der Waals surface area contributed by atoms with Gasteiger partial charge in [0.2, 0.25) is 0 Å². The lowest BCUT2D eigenvalue weighted by Crippen LogP contribution is -2.50. The highest BCUT2D eigenvalue weighted by Crippen LogP contribution is 2.25. The Labute approximate surface area is 118 Å². The van der Waals surface area contributed by atoms with Gasteiger partial charge in [-0.05, 0) is 50.6 Å². The van der Waals surface area contributed by atoms with Gasteiger partial charge in [0.15, 0.2) is 0 Å². The van der Waals surface area contributed by atoms with Crippen molar-refractivity contribution in [2.24, 2.45) is 11.7 Å². The third-order valence-corrected chi connectivity index (χ3v) is 4.56. The maximum absolute atomic E-state index is 5.96. The number of likely N-dealkylation sites (tertiary alicyclic amines) is 1. The Morgan fingerprint density at radius 2 is 2.05 bits per heavy atom. The topological polar surface area (TPSA) is 29.3 Å². The molecule has 1 aliphatic heterocycles. The third-order valence-electron chi connectivity index (χ3n) is 4.56. The Bertz CT molecular complexity index is 363. The van der Waals surface area contributed by atoms with Crippen LogP contribution in [0.2, 0.25) is 0 Å². The maximum atomic E-state index is 5.96. The van der Waals surface area contributed by atoms with Crippen LogP contribution in [-0.4, -0.2) is 30.1 Å². The zero-order chi connectivity index (χ0) is 13.7. The second kappa shape index (κ2) is 7.06. The van der Waals surface area contributed by atoms with Crippen molar-refractivity contribution < 1.29 is 0 Å². The molecule has 1 aromatic rings. The molecule has 2 nitrogen and oxygen atoms in total. The monoisotopic (exact) mass is 260 g/mol. The fraction of sp³-hybridized carbons (Fsp3) is 0.647. The second-order valence-corrected chi connectivity index (χ2v) is 6.13. The van der Waals surface area contributed by atoms with Gasteiger partial charge in [0.25, 0.3) is 0 Å². The van der Waals surface area contributed by atoms with Gasteiger partial charge < -0.3 is 5.73 Å². The van der Waals surface area contributed by atoms with E-state index in [4.69, 9.17) is 5.73 Å². The first kappa shape index (κ1) is 14.5. The first-order chi connectivity index (χ1) is 9.20. The predicted octanol–water partition coefficient (Wildman–Crippen LogP) is 3.07. The van der Waals surface area contributed by atoms with Crippen LogP contribution < -0.4 is 5.73 Å². The van der Waals surface area contributed by atoms with Crippen LogP contribution in [0.1, 0.15) is 38.7 Å². The van der Waals surface area contributed by atoms with E-state index in [1.54, 1.807) is 0 Å². The van der Waals surface area contributed by atoms with E-state index >= 15 is 0 Å². The van der Waals surface area contributed by atoms with Crippen LogP contribution in [-0.2, 0) is 6.42 Å². The van der Waals surface area contributed by atoms with Gasteiger partial charge in [-0.25, -0.2) is 0 Å². The maximum Gasteiger partial charge on any atom is 0.0223 e. The summed E-state index contributed by atoms with van der Waals surface area (Å²) in [7, 11) is 0. The van der Waals surface area contributed by atoms with Crippen LogP contribution in [0.5, 0.6) is 0 Å². The van der Waals surface area contributed by atoms with Crippen molar-refractivity contribution in [1.29, 1.82) is 0 Å². The van der Waals surface area contributed by atoms with Crippen LogP contribution in [0.15, 0.2) is 30.3 Å². The smallest absolute Gasteiger partial charge is 0.0223 e. The van der Waals surface area contributed by atoms with E-state index in [9.17, 15) is 0 Å². The number of hydrogen-bond donors (Lipinski definition) is 1. The highest BCUT2D eigenvalue weighted by molar-refractivity contribution is 5.14. The molecule has 19 heavy (non-hydrogen) atoms. The highest BCUT2D eigenvalue weighted by Gasteiger charge is 2.28. The van der Waals surface area contributed by atoms with Crippen molar-refractivity contribution in [1.82, 2.24) is 4.90 Å². The number of nitrogens with two attached hydrogens (primary N) is 1. The van der Waals surface area contributed by atoms with Crippen molar-refractivity contribution in [2.75, 3.05) is 13.1 Å². The molecule has 0 bridgehead atoms. The lowest BCUT2D eigenvalue weighted by atomic mass is 9.90. The molecule has 1 heterocycles. The molecule has 1 fully saturated rings. The summed E-state index contributed by atoms with van der Waals surface area (Å²) in [6.07, 6.45) is 5.00. The molecule has 2 N–H and O–H groups in total. The summed E-state index contributed by atoms with van der Waals surface area (Å²) in [5.74, 6) is 0.839. The largest absolute Gasteiger partial charge is 0.329 e. The molecule has 3 atom stereocenters. The molecule has 0 aromatic heterocycles. The van der Waals surface area contributed by atoms with E-state index in [-0.39, 0.29) is 0 Å². The summed E-state index contributed by atoms with van der Waals surface area (Å²) in [6.45, 7) is 6.75. The molecule has 2 rings (SSSR count). The van der Waals surface area contributed by atoms with Gasteiger partial charge in [-0.3, -0.25) is 4.90 Å². The van der Waals surface area contributed by atoms with Crippen molar-refractivity contribution in [3.8, 4) is 0 Å². The lowest BCUT2D eigenvalue weighted by molar-refractivity contribution is 0.0797. The SMILES string of the molecule is CC1CCN(C(C)CCc2ccccc2)C(CN)C1. The van der Waals surface area contributed by atoms with Crippen molar-refractivity contribution in [3.63, 3.8) is 0 Å². The molecule has 0 amide bonds. The van der Waals surface area contributed by atoms with Crippen LogP contribution in [0.25, 0.3) is 0 Å². The quantitative estimate of drug-likeness (QED) is 0.881. The first-order valence-electron chi connectivity index (χ1n) is 7.70. The number of hydrogen-bond acceptors (Lipinski definition) is 2. The molecule has 0 radical (unpaired) electrons. The molecule has 0 aliphatic carbocycles. The molecule has 3 unspecified atom stereocenters. The lowest BCUT2D eigenvalue weighted by Gasteiger charge is -2.41. The molecule has 106 valence electrons. The average Bonchev–Trinajstić information content (AvgIpc) is 2.45. The van der Waals surface area contributed by atoms with Crippen molar-refractivity contribution in [3.05, 3.63) is 35.9 Å². The summed E-state index contributed by atoms with van der Waals surface area (Å²) < 4.78 is 0. The van der Waals surface area contributed by atoms with E-state index in [0.29, 0.717) is 12.1 Å². The van der Waals surface area contributed by atoms with E-state index in [2.05, 4.69) is 49.1 Å². The van der Waals surface area contributed by atoms with Gasteiger partial charge in [0, 0.05) is 18.6 Å². The van der Waals surface area contributed by atoms with Gasteiger partial charge in [-0.15, -0.1) is 0 Å². The molecule has 1 saturated heterocycles. The Morgan fingerprint density at radius 1 is 1.32 bits per heavy atom. The number of benzene rings is 1. The van der Waals surface area contributed by atoms with Gasteiger partial charge in [-0.1, -0.05) is 37.3 Å². The van der Waals surface area contributed by atoms with Crippen molar-refractivity contribution in [2.45, 2.75) is 51.6 Å². The van der Waals surface area contributed by atoms with Gasteiger partial charge in [-0.2, -0.15) is 0 Å². The Hall–Kier alpha value is -0.860. The predicted molar refractivity (Wildman–Crippen MR) is 82.2 cm³/mol.